The summed E-state index contributed by atoms with van der Waals surface area (Å²) < 4.78 is 6.72. The van der Waals surface area contributed by atoms with Gasteiger partial charge in [0.2, 0.25) is 0 Å². The summed E-state index contributed by atoms with van der Waals surface area (Å²) in [6, 6.07) is 3.95. The fourth-order valence-electron chi connectivity index (χ4n) is 1.78. The molecule has 1 unspecified atom stereocenters. The standard InChI is InChI=1S/C12H11IO3/c1-6-3-9(13)4-8-5-10(12(14)15)7(2)16-11(6)8/h3-5,7H,1-2H3,(H,14,15). The van der Waals surface area contributed by atoms with Gasteiger partial charge in [-0.05, 0) is 60.2 Å². The van der Waals surface area contributed by atoms with Crippen molar-refractivity contribution in [3.63, 3.8) is 0 Å². The molecule has 0 spiro atoms. The first-order chi connectivity index (χ1) is 7.49. The van der Waals surface area contributed by atoms with Gasteiger partial charge in [-0.3, -0.25) is 0 Å². The molecule has 4 heteroatoms. The van der Waals surface area contributed by atoms with Crippen molar-refractivity contribution in [3.8, 4) is 5.75 Å². The molecule has 0 saturated heterocycles. The van der Waals surface area contributed by atoms with Crippen LogP contribution in [0.25, 0.3) is 6.08 Å². The lowest BCUT2D eigenvalue weighted by molar-refractivity contribution is -0.133. The van der Waals surface area contributed by atoms with E-state index in [-0.39, 0.29) is 0 Å². The van der Waals surface area contributed by atoms with Crippen molar-refractivity contribution >= 4 is 34.6 Å². The maximum Gasteiger partial charge on any atom is 0.335 e. The summed E-state index contributed by atoms with van der Waals surface area (Å²) >= 11 is 2.21. The Morgan fingerprint density at radius 2 is 2.19 bits per heavy atom. The van der Waals surface area contributed by atoms with Crippen LogP contribution in [-0.2, 0) is 4.79 Å². The monoisotopic (exact) mass is 330 g/mol. The summed E-state index contributed by atoms with van der Waals surface area (Å²) in [6.07, 6.45) is 1.30. The molecule has 0 aromatic heterocycles. The molecule has 0 aliphatic carbocycles. The number of hydrogen-bond donors (Lipinski definition) is 1. The van der Waals surface area contributed by atoms with Crippen LogP contribution in [0.2, 0.25) is 0 Å². The second-order valence-corrected chi connectivity index (χ2v) is 5.05. The largest absolute Gasteiger partial charge is 0.485 e. The summed E-state index contributed by atoms with van der Waals surface area (Å²) in [5.74, 6) is -0.132. The molecular formula is C12H11IO3. The lowest BCUT2D eigenvalue weighted by Gasteiger charge is -2.24. The van der Waals surface area contributed by atoms with Crippen molar-refractivity contribution in [2.45, 2.75) is 20.0 Å². The topological polar surface area (TPSA) is 46.5 Å². The Bertz CT molecular complexity index is 491. The van der Waals surface area contributed by atoms with Crippen LogP contribution in [0.5, 0.6) is 5.75 Å². The quantitative estimate of drug-likeness (QED) is 0.806. The summed E-state index contributed by atoms with van der Waals surface area (Å²) in [5, 5.41) is 9.02. The van der Waals surface area contributed by atoms with Crippen LogP contribution < -0.4 is 4.74 Å². The molecule has 1 heterocycles. The molecule has 16 heavy (non-hydrogen) atoms. The molecule has 1 aliphatic heterocycles. The van der Waals surface area contributed by atoms with Gasteiger partial charge in [0.05, 0.1) is 5.57 Å². The van der Waals surface area contributed by atoms with Crippen LogP contribution in [0.15, 0.2) is 17.7 Å². The highest BCUT2D eigenvalue weighted by Gasteiger charge is 2.24. The van der Waals surface area contributed by atoms with E-state index < -0.39 is 12.1 Å². The molecule has 0 saturated carbocycles. The minimum Gasteiger partial charge on any atom is -0.485 e. The number of aliphatic carboxylic acids is 1. The molecule has 1 aromatic rings. The molecule has 3 nitrogen and oxygen atoms in total. The van der Waals surface area contributed by atoms with Gasteiger partial charge >= 0.3 is 5.97 Å². The van der Waals surface area contributed by atoms with E-state index >= 15 is 0 Å². The van der Waals surface area contributed by atoms with Gasteiger partial charge in [-0.25, -0.2) is 4.79 Å². The third kappa shape index (κ3) is 1.93. The van der Waals surface area contributed by atoms with Crippen molar-refractivity contribution in [1.82, 2.24) is 0 Å². The predicted octanol–water partition coefficient (Wildman–Crippen LogP) is 2.85. The van der Waals surface area contributed by atoms with Crippen LogP contribution in [0.3, 0.4) is 0 Å². The molecule has 1 aromatic carbocycles. The third-order valence-corrected chi connectivity index (χ3v) is 3.18. The van der Waals surface area contributed by atoms with E-state index in [1.165, 1.54) is 0 Å². The number of ether oxygens (including phenoxy) is 1. The molecule has 84 valence electrons. The number of carboxylic acids is 1. The summed E-state index contributed by atoms with van der Waals surface area (Å²) in [5.41, 5.74) is 2.18. The second kappa shape index (κ2) is 4.08. The Kier molecular flexibility index (Phi) is 2.92. The first kappa shape index (κ1) is 11.4. The molecule has 1 aliphatic rings. The van der Waals surface area contributed by atoms with Crippen molar-refractivity contribution in [3.05, 3.63) is 32.4 Å². The number of hydrogen-bond acceptors (Lipinski definition) is 2. The number of halogens is 1. The van der Waals surface area contributed by atoms with Gasteiger partial charge in [0.25, 0.3) is 0 Å². The highest BCUT2D eigenvalue weighted by Crippen LogP contribution is 2.34. The highest BCUT2D eigenvalue weighted by molar-refractivity contribution is 14.1. The van der Waals surface area contributed by atoms with Gasteiger partial charge < -0.3 is 9.84 Å². The number of carboxylic acid groups (broad SMARTS) is 1. The van der Waals surface area contributed by atoms with Crippen LogP contribution in [-0.4, -0.2) is 17.2 Å². The van der Waals surface area contributed by atoms with Gasteiger partial charge in [-0.1, -0.05) is 0 Å². The van der Waals surface area contributed by atoms with Crippen molar-refractivity contribution in [1.29, 1.82) is 0 Å². The van der Waals surface area contributed by atoms with E-state index in [1.807, 2.05) is 19.1 Å². The first-order valence-electron chi connectivity index (χ1n) is 4.90. The maximum absolute atomic E-state index is 11.0. The Labute approximate surface area is 107 Å². The number of rotatable bonds is 1. The van der Waals surface area contributed by atoms with Gasteiger partial charge in [0, 0.05) is 9.13 Å². The molecule has 0 amide bonds. The van der Waals surface area contributed by atoms with Crippen molar-refractivity contribution in [2.24, 2.45) is 0 Å². The second-order valence-electron chi connectivity index (χ2n) is 3.81. The zero-order valence-corrected chi connectivity index (χ0v) is 11.1. The Morgan fingerprint density at radius 3 is 2.81 bits per heavy atom. The Morgan fingerprint density at radius 1 is 1.50 bits per heavy atom. The third-order valence-electron chi connectivity index (χ3n) is 2.56. The lowest BCUT2D eigenvalue weighted by Crippen LogP contribution is -2.24. The van der Waals surface area contributed by atoms with Gasteiger partial charge in [0.15, 0.2) is 0 Å². The molecule has 0 fully saturated rings. The highest BCUT2D eigenvalue weighted by atomic mass is 127. The summed E-state index contributed by atoms with van der Waals surface area (Å²) in [7, 11) is 0. The molecule has 1 N–H and O–H groups in total. The summed E-state index contributed by atoms with van der Waals surface area (Å²) in [6.45, 7) is 3.72. The van der Waals surface area contributed by atoms with E-state index in [2.05, 4.69) is 22.6 Å². The first-order valence-corrected chi connectivity index (χ1v) is 5.98. The maximum atomic E-state index is 11.0. The van der Waals surface area contributed by atoms with Gasteiger partial charge in [0.1, 0.15) is 11.9 Å². The summed E-state index contributed by atoms with van der Waals surface area (Å²) in [4.78, 5) is 11.0. The van der Waals surface area contributed by atoms with Crippen LogP contribution in [0.4, 0.5) is 0 Å². The van der Waals surface area contributed by atoms with Crippen molar-refractivity contribution in [2.75, 3.05) is 0 Å². The van der Waals surface area contributed by atoms with E-state index in [9.17, 15) is 4.79 Å². The van der Waals surface area contributed by atoms with Crippen LogP contribution >= 0.6 is 22.6 Å². The molecule has 2 rings (SSSR count). The number of carbonyl (C=O) groups is 1. The molecule has 1 atom stereocenters. The minimum atomic E-state index is -0.922. The van der Waals surface area contributed by atoms with E-state index in [0.717, 1.165) is 20.4 Å². The average Bonchev–Trinajstić information content (AvgIpc) is 2.18. The smallest absolute Gasteiger partial charge is 0.335 e. The van der Waals surface area contributed by atoms with E-state index in [1.54, 1.807) is 13.0 Å². The van der Waals surface area contributed by atoms with Crippen LogP contribution in [0.1, 0.15) is 18.1 Å². The Hall–Kier alpha value is -1.04. The fraction of sp³-hybridized carbons (Fsp3) is 0.250. The SMILES string of the molecule is Cc1cc(I)cc2c1OC(C)C(C(=O)O)=C2. The lowest BCUT2D eigenvalue weighted by atomic mass is 10.0. The zero-order valence-electron chi connectivity index (χ0n) is 8.95. The zero-order chi connectivity index (χ0) is 11.9. The van der Waals surface area contributed by atoms with E-state index in [4.69, 9.17) is 9.84 Å². The van der Waals surface area contributed by atoms with Gasteiger partial charge in [-0.15, -0.1) is 0 Å². The minimum absolute atomic E-state index is 0.300. The fourth-order valence-corrected chi connectivity index (χ4v) is 2.59. The molecule has 0 radical (unpaired) electrons. The van der Waals surface area contributed by atoms with E-state index in [0.29, 0.717) is 5.57 Å². The molecule has 0 bridgehead atoms. The predicted molar refractivity (Wildman–Crippen MR) is 69.6 cm³/mol. The average molecular weight is 330 g/mol. The van der Waals surface area contributed by atoms with Crippen LogP contribution in [0, 0.1) is 10.5 Å². The number of fused-ring (bicyclic) bond motifs is 1. The number of aryl methyl sites for hydroxylation is 1. The normalized spacial score (nSPS) is 18.4. The Balaban J connectivity index is 2.59. The van der Waals surface area contributed by atoms with Gasteiger partial charge in [-0.2, -0.15) is 0 Å². The molecular weight excluding hydrogens is 319 g/mol. The van der Waals surface area contributed by atoms with Crippen molar-refractivity contribution < 1.29 is 14.6 Å². The number of benzene rings is 1.